The Morgan fingerprint density at radius 1 is 1.46 bits per heavy atom. The maximum atomic E-state index is 3.45. The molecule has 0 aromatic rings. The maximum absolute atomic E-state index is 3.45. The molecule has 1 fully saturated rings. The van der Waals surface area contributed by atoms with Crippen LogP contribution in [0.3, 0.4) is 0 Å². The summed E-state index contributed by atoms with van der Waals surface area (Å²) in [6, 6.07) is 2.15. The van der Waals surface area contributed by atoms with Gasteiger partial charge in [0.05, 0.1) is 0 Å². The van der Waals surface area contributed by atoms with Crippen molar-refractivity contribution in [3.8, 4) is 0 Å². The number of likely N-dealkylation sites (N-methyl/N-ethyl adjacent to an activating group) is 1. The highest BCUT2D eigenvalue weighted by molar-refractivity contribution is 4.88. The molecule has 0 aliphatic carbocycles. The van der Waals surface area contributed by atoms with Gasteiger partial charge in [-0.25, -0.2) is 0 Å². The van der Waals surface area contributed by atoms with Crippen LogP contribution in [-0.4, -0.2) is 36.6 Å². The lowest BCUT2D eigenvalue weighted by molar-refractivity contribution is 0.0814. The molecule has 2 heteroatoms. The molecule has 0 amide bonds. The standard InChI is InChI=1S/C11H24N2/c1-5-11-10(12-4)7-6-8-13(11)9(2)3/h9-12H,5-8H2,1-4H3. The SMILES string of the molecule is CCC1C(NC)CCCN1C(C)C. The number of hydrogen-bond donors (Lipinski definition) is 1. The number of nitrogens with one attached hydrogen (secondary N) is 1. The monoisotopic (exact) mass is 184 g/mol. The van der Waals surface area contributed by atoms with Crippen LogP contribution in [0, 0.1) is 0 Å². The topological polar surface area (TPSA) is 15.3 Å². The van der Waals surface area contributed by atoms with E-state index in [1.807, 2.05) is 0 Å². The molecule has 78 valence electrons. The molecular formula is C11H24N2. The quantitative estimate of drug-likeness (QED) is 0.720. The van der Waals surface area contributed by atoms with Gasteiger partial charge >= 0.3 is 0 Å². The predicted molar refractivity (Wildman–Crippen MR) is 58.0 cm³/mol. The van der Waals surface area contributed by atoms with Crippen molar-refractivity contribution in [2.24, 2.45) is 0 Å². The van der Waals surface area contributed by atoms with Gasteiger partial charge < -0.3 is 5.32 Å². The molecule has 13 heavy (non-hydrogen) atoms. The fourth-order valence-corrected chi connectivity index (χ4v) is 2.58. The molecule has 0 aromatic carbocycles. The number of nitrogens with zero attached hydrogens (tertiary/aromatic N) is 1. The van der Waals surface area contributed by atoms with E-state index in [2.05, 4.69) is 38.0 Å². The first kappa shape index (κ1) is 11.0. The number of rotatable bonds is 3. The van der Waals surface area contributed by atoms with E-state index >= 15 is 0 Å². The van der Waals surface area contributed by atoms with E-state index in [-0.39, 0.29) is 0 Å². The van der Waals surface area contributed by atoms with Gasteiger partial charge in [0.1, 0.15) is 0 Å². The van der Waals surface area contributed by atoms with Crippen molar-refractivity contribution in [3.05, 3.63) is 0 Å². The van der Waals surface area contributed by atoms with Crippen LogP contribution < -0.4 is 5.32 Å². The lowest BCUT2D eigenvalue weighted by Gasteiger charge is -2.43. The molecule has 1 saturated heterocycles. The Labute approximate surface area is 82.7 Å². The second kappa shape index (κ2) is 4.97. The van der Waals surface area contributed by atoms with Crippen molar-refractivity contribution in [1.29, 1.82) is 0 Å². The third-order valence-electron chi connectivity index (χ3n) is 3.27. The van der Waals surface area contributed by atoms with Crippen LogP contribution in [0.5, 0.6) is 0 Å². The van der Waals surface area contributed by atoms with Gasteiger partial charge in [0.2, 0.25) is 0 Å². The smallest absolute Gasteiger partial charge is 0.0249 e. The summed E-state index contributed by atoms with van der Waals surface area (Å²) in [4.78, 5) is 2.64. The average Bonchev–Trinajstić information content (AvgIpc) is 2.16. The summed E-state index contributed by atoms with van der Waals surface area (Å²) in [5.41, 5.74) is 0. The molecule has 1 rings (SSSR count). The van der Waals surface area contributed by atoms with Crippen molar-refractivity contribution in [2.75, 3.05) is 13.6 Å². The highest BCUT2D eigenvalue weighted by Gasteiger charge is 2.29. The van der Waals surface area contributed by atoms with Crippen molar-refractivity contribution in [2.45, 2.75) is 58.2 Å². The van der Waals surface area contributed by atoms with Gasteiger partial charge in [-0.15, -0.1) is 0 Å². The van der Waals surface area contributed by atoms with Crippen molar-refractivity contribution >= 4 is 0 Å². The molecule has 2 atom stereocenters. The zero-order valence-electron chi connectivity index (χ0n) is 9.51. The lowest BCUT2D eigenvalue weighted by Crippen LogP contribution is -2.55. The van der Waals surface area contributed by atoms with Crippen LogP contribution in [0.2, 0.25) is 0 Å². The maximum Gasteiger partial charge on any atom is 0.0249 e. The van der Waals surface area contributed by atoms with Gasteiger partial charge in [0, 0.05) is 18.1 Å². The Hall–Kier alpha value is -0.0800. The van der Waals surface area contributed by atoms with Crippen LogP contribution in [0.1, 0.15) is 40.0 Å². The van der Waals surface area contributed by atoms with E-state index in [0.717, 1.165) is 6.04 Å². The minimum Gasteiger partial charge on any atom is -0.315 e. The average molecular weight is 184 g/mol. The molecule has 0 spiro atoms. The van der Waals surface area contributed by atoms with Gasteiger partial charge in [0.15, 0.2) is 0 Å². The summed E-state index contributed by atoms with van der Waals surface area (Å²) in [5.74, 6) is 0. The summed E-state index contributed by atoms with van der Waals surface area (Å²) < 4.78 is 0. The number of likely N-dealkylation sites (tertiary alicyclic amines) is 1. The summed E-state index contributed by atoms with van der Waals surface area (Å²) in [6.45, 7) is 8.20. The van der Waals surface area contributed by atoms with Crippen LogP contribution in [-0.2, 0) is 0 Å². The van der Waals surface area contributed by atoms with Crippen molar-refractivity contribution < 1.29 is 0 Å². The summed E-state index contributed by atoms with van der Waals surface area (Å²) in [7, 11) is 2.09. The van der Waals surface area contributed by atoms with Crippen molar-refractivity contribution in [3.63, 3.8) is 0 Å². The summed E-state index contributed by atoms with van der Waals surface area (Å²) in [5, 5.41) is 3.45. The van der Waals surface area contributed by atoms with Crippen LogP contribution in [0.4, 0.5) is 0 Å². The Balaban J connectivity index is 2.61. The Morgan fingerprint density at radius 3 is 2.62 bits per heavy atom. The normalized spacial score (nSPS) is 31.2. The molecule has 2 nitrogen and oxygen atoms in total. The molecule has 1 aliphatic heterocycles. The van der Waals surface area contributed by atoms with E-state index < -0.39 is 0 Å². The molecule has 0 radical (unpaired) electrons. The largest absolute Gasteiger partial charge is 0.315 e. The minimum absolute atomic E-state index is 0.695. The third kappa shape index (κ3) is 2.44. The third-order valence-corrected chi connectivity index (χ3v) is 3.27. The first-order chi connectivity index (χ1) is 6.20. The predicted octanol–water partition coefficient (Wildman–Crippen LogP) is 1.86. The van der Waals surface area contributed by atoms with E-state index in [1.54, 1.807) is 0 Å². The summed E-state index contributed by atoms with van der Waals surface area (Å²) >= 11 is 0. The van der Waals surface area contributed by atoms with Gasteiger partial charge in [-0.2, -0.15) is 0 Å². The first-order valence-corrected chi connectivity index (χ1v) is 5.63. The zero-order chi connectivity index (χ0) is 9.84. The second-order valence-corrected chi connectivity index (χ2v) is 4.34. The van der Waals surface area contributed by atoms with E-state index in [0.29, 0.717) is 12.1 Å². The fourth-order valence-electron chi connectivity index (χ4n) is 2.58. The minimum atomic E-state index is 0.695. The number of piperidine rings is 1. The van der Waals surface area contributed by atoms with Crippen molar-refractivity contribution in [1.82, 2.24) is 10.2 Å². The first-order valence-electron chi connectivity index (χ1n) is 5.63. The van der Waals surface area contributed by atoms with Gasteiger partial charge in [-0.1, -0.05) is 6.92 Å². The highest BCUT2D eigenvalue weighted by atomic mass is 15.2. The number of hydrogen-bond acceptors (Lipinski definition) is 2. The second-order valence-electron chi connectivity index (χ2n) is 4.34. The fraction of sp³-hybridized carbons (Fsp3) is 1.00. The molecular weight excluding hydrogens is 160 g/mol. The molecule has 1 N–H and O–H groups in total. The Kier molecular flexibility index (Phi) is 4.20. The Bertz CT molecular complexity index is 145. The zero-order valence-corrected chi connectivity index (χ0v) is 9.51. The highest BCUT2D eigenvalue weighted by Crippen LogP contribution is 2.21. The van der Waals surface area contributed by atoms with Crippen LogP contribution in [0.15, 0.2) is 0 Å². The summed E-state index contributed by atoms with van der Waals surface area (Å²) in [6.07, 6.45) is 3.96. The lowest BCUT2D eigenvalue weighted by atomic mass is 9.93. The molecule has 1 aliphatic rings. The molecule has 0 bridgehead atoms. The molecule has 1 heterocycles. The molecule has 0 saturated carbocycles. The van der Waals surface area contributed by atoms with E-state index in [1.165, 1.54) is 25.8 Å². The Morgan fingerprint density at radius 2 is 2.15 bits per heavy atom. The van der Waals surface area contributed by atoms with Crippen LogP contribution >= 0.6 is 0 Å². The van der Waals surface area contributed by atoms with Gasteiger partial charge in [-0.3, -0.25) is 4.90 Å². The molecule has 2 unspecified atom stereocenters. The van der Waals surface area contributed by atoms with E-state index in [9.17, 15) is 0 Å². The van der Waals surface area contributed by atoms with Crippen LogP contribution in [0.25, 0.3) is 0 Å². The van der Waals surface area contributed by atoms with Gasteiger partial charge in [-0.05, 0) is 46.7 Å². The van der Waals surface area contributed by atoms with Gasteiger partial charge in [0.25, 0.3) is 0 Å². The van der Waals surface area contributed by atoms with E-state index in [4.69, 9.17) is 0 Å². The molecule has 0 aromatic heterocycles.